The molecule has 0 saturated heterocycles. The normalized spacial score (nSPS) is 10.3. The number of benzene rings is 2. The van der Waals surface area contributed by atoms with Crippen LogP contribution in [0, 0.1) is 5.82 Å². The summed E-state index contributed by atoms with van der Waals surface area (Å²) in [5.74, 6) is 1.13. The molecule has 2 aromatic rings. The topological polar surface area (TPSA) is 44.5 Å². The molecule has 0 atom stereocenters. The van der Waals surface area contributed by atoms with Gasteiger partial charge in [0, 0.05) is 17.7 Å². The molecule has 19 heavy (non-hydrogen) atoms. The first-order valence-corrected chi connectivity index (χ1v) is 5.97. The Morgan fingerprint density at radius 3 is 2.26 bits per heavy atom. The second-order valence-corrected chi connectivity index (χ2v) is 4.06. The van der Waals surface area contributed by atoms with E-state index in [1.54, 1.807) is 49.6 Å². The third-order valence-corrected chi connectivity index (χ3v) is 2.83. The SMILES string of the molecule is COc1ccc(OCc2cccc(CN)c2F)cc1. The Labute approximate surface area is 111 Å². The van der Waals surface area contributed by atoms with Crippen molar-refractivity contribution in [3.63, 3.8) is 0 Å². The van der Waals surface area contributed by atoms with Crippen LogP contribution >= 0.6 is 0 Å². The molecule has 0 unspecified atom stereocenters. The summed E-state index contributed by atoms with van der Waals surface area (Å²) in [7, 11) is 1.60. The monoisotopic (exact) mass is 261 g/mol. The molecule has 4 heteroatoms. The van der Waals surface area contributed by atoms with E-state index in [2.05, 4.69) is 0 Å². The van der Waals surface area contributed by atoms with Crippen LogP contribution in [0.15, 0.2) is 42.5 Å². The Morgan fingerprint density at radius 2 is 1.63 bits per heavy atom. The molecule has 0 aliphatic heterocycles. The summed E-state index contributed by atoms with van der Waals surface area (Å²) in [4.78, 5) is 0. The number of hydrogen-bond donors (Lipinski definition) is 1. The van der Waals surface area contributed by atoms with Gasteiger partial charge >= 0.3 is 0 Å². The highest BCUT2D eigenvalue weighted by Crippen LogP contribution is 2.19. The second kappa shape index (κ2) is 6.20. The van der Waals surface area contributed by atoms with E-state index in [9.17, 15) is 4.39 Å². The van der Waals surface area contributed by atoms with Gasteiger partial charge in [0.25, 0.3) is 0 Å². The van der Waals surface area contributed by atoms with Gasteiger partial charge in [0.05, 0.1) is 7.11 Å². The van der Waals surface area contributed by atoms with Crippen molar-refractivity contribution in [3.05, 3.63) is 59.4 Å². The molecular weight excluding hydrogens is 245 g/mol. The summed E-state index contributed by atoms with van der Waals surface area (Å²) in [5, 5.41) is 0. The maximum Gasteiger partial charge on any atom is 0.134 e. The number of methoxy groups -OCH3 is 1. The lowest BCUT2D eigenvalue weighted by Crippen LogP contribution is -2.05. The van der Waals surface area contributed by atoms with Gasteiger partial charge < -0.3 is 15.2 Å². The van der Waals surface area contributed by atoms with Gasteiger partial charge in [-0.15, -0.1) is 0 Å². The van der Waals surface area contributed by atoms with E-state index in [1.165, 1.54) is 0 Å². The molecule has 0 radical (unpaired) electrons. The third kappa shape index (κ3) is 3.23. The van der Waals surface area contributed by atoms with E-state index >= 15 is 0 Å². The van der Waals surface area contributed by atoms with Crippen molar-refractivity contribution >= 4 is 0 Å². The van der Waals surface area contributed by atoms with Gasteiger partial charge in [-0.05, 0) is 24.3 Å². The molecule has 0 heterocycles. The zero-order valence-electron chi connectivity index (χ0n) is 10.7. The highest BCUT2D eigenvalue weighted by Gasteiger charge is 2.07. The minimum atomic E-state index is -0.293. The van der Waals surface area contributed by atoms with Crippen LogP contribution in [0.5, 0.6) is 11.5 Å². The molecule has 0 aliphatic carbocycles. The van der Waals surface area contributed by atoms with Crippen molar-refractivity contribution in [2.75, 3.05) is 7.11 Å². The smallest absolute Gasteiger partial charge is 0.134 e. The van der Waals surface area contributed by atoms with Gasteiger partial charge in [-0.3, -0.25) is 0 Å². The van der Waals surface area contributed by atoms with Crippen molar-refractivity contribution < 1.29 is 13.9 Å². The largest absolute Gasteiger partial charge is 0.497 e. The van der Waals surface area contributed by atoms with Gasteiger partial charge in [-0.25, -0.2) is 4.39 Å². The maximum atomic E-state index is 13.9. The average molecular weight is 261 g/mol. The maximum absolute atomic E-state index is 13.9. The Hall–Kier alpha value is -2.07. The van der Waals surface area contributed by atoms with E-state index in [-0.39, 0.29) is 19.0 Å². The van der Waals surface area contributed by atoms with Gasteiger partial charge in [0.1, 0.15) is 23.9 Å². The Morgan fingerprint density at radius 1 is 1.00 bits per heavy atom. The van der Waals surface area contributed by atoms with E-state index in [0.29, 0.717) is 16.9 Å². The first-order chi connectivity index (χ1) is 9.24. The van der Waals surface area contributed by atoms with Crippen molar-refractivity contribution in [3.8, 4) is 11.5 Å². The standard InChI is InChI=1S/C15H16FNO2/c1-18-13-5-7-14(8-6-13)19-10-12-4-2-3-11(9-17)15(12)16/h2-8H,9-10,17H2,1H3. The van der Waals surface area contributed by atoms with E-state index in [4.69, 9.17) is 15.2 Å². The number of nitrogens with two attached hydrogens (primary N) is 1. The molecule has 0 amide bonds. The van der Waals surface area contributed by atoms with Crippen LogP contribution in [0.1, 0.15) is 11.1 Å². The fourth-order valence-corrected chi connectivity index (χ4v) is 1.74. The van der Waals surface area contributed by atoms with Gasteiger partial charge in [-0.2, -0.15) is 0 Å². The van der Waals surface area contributed by atoms with Crippen molar-refractivity contribution in [2.45, 2.75) is 13.2 Å². The van der Waals surface area contributed by atoms with Crippen molar-refractivity contribution in [2.24, 2.45) is 5.73 Å². The summed E-state index contributed by atoms with van der Waals surface area (Å²) in [6.07, 6.45) is 0. The average Bonchev–Trinajstić information content (AvgIpc) is 2.47. The number of ether oxygens (including phenoxy) is 2. The highest BCUT2D eigenvalue weighted by molar-refractivity contribution is 5.32. The third-order valence-electron chi connectivity index (χ3n) is 2.83. The van der Waals surface area contributed by atoms with Crippen molar-refractivity contribution in [1.29, 1.82) is 0 Å². The Balaban J connectivity index is 2.05. The van der Waals surface area contributed by atoms with E-state index in [0.717, 1.165) is 5.75 Å². The molecule has 0 saturated carbocycles. The Bertz CT molecular complexity index is 540. The van der Waals surface area contributed by atoms with Crippen molar-refractivity contribution in [1.82, 2.24) is 0 Å². The van der Waals surface area contributed by atoms with Gasteiger partial charge in [-0.1, -0.05) is 18.2 Å². The summed E-state index contributed by atoms with van der Waals surface area (Å²) in [5.41, 5.74) is 6.46. The summed E-state index contributed by atoms with van der Waals surface area (Å²) in [6.45, 7) is 0.355. The van der Waals surface area contributed by atoms with Crippen LogP contribution in [0.25, 0.3) is 0 Å². The molecule has 0 fully saturated rings. The second-order valence-electron chi connectivity index (χ2n) is 4.06. The molecule has 2 N–H and O–H groups in total. The zero-order valence-corrected chi connectivity index (χ0v) is 10.7. The molecule has 0 aliphatic rings. The zero-order chi connectivity index (χ0) is 13.7. The predicted molar refractivity (Wildman–Crippen MR) is 71.6 cm³/mol. The number of halogens is 1. The van der Waals surface area contributed by atoms with Gasteiger partial charge in [0.2, 0.25) is 0 Å². The number of rotatable bonds is 5. The first kappa shape index (κ1) is 13.4. The lowest BCUT2D eigenvalue weighted by atomic mass is 10.1. The predicted octanol–water partition coefficient (Wildman–Crippen LogP) is 2.87. The molecule has 3 nitrogen and oxygen atoms in total. The van der Waals surface area contributed by atoms with E-state index in [1.807, 2.05) is 0 Å². The molecule has 2 aromatic carbocycles. The molecule has 2 rings (SSSR count). The van der Waals surface area contributed by atoms with Gasteiger partial charge in [0.15, 0.2) is 0 Å². The number of hydrogen-bond acceptors (Lipinski definition) is 3. The van der Waals surface area contributed by atoms with Crippen LogP contribution in [0.3, 0.4) is 0 Å². The molecular formula is C15H16FNO2. The first-order valence-electron chi connectivity index (χ1n) is 5.97. The van der Waals surface area contributed by atoms with Crippen LogP contribution < -0.4 is 15.2 Å². The quantitative estimate of drug-likeness (QED) is 0.900. The highest BCUT2D eigenvalue weighted by atomic mass is 19.1. The molecule has 0 bridgehead atoms. The minimum Gasteiger partial charge on any atom is -0.497 e. The fourth-order valence-electron chi connectivity index (χ4n) is 1.74. The van der Waals surface area contributed by atoms with Crippen LogP contribution in [-0.4, -0.2) is 7.11 Å². The lowest BCUT2D eigenvalue weighted by molar-refractivity contribution is 0.298. The summed E-state index contributed by atoms with van der Waals surface area (Å²) >= 11 is 0. The fraction of sp³-hybridized carbons (Fsp3) is 0.200. The summed E-state index contributed by atoms with van der Waals surface area (Å²) < 4.78 is 24.5. The van der Waals surface area contributed by atoms with Crippen LogP contribution in [0.2, 0.25) is 0 Å². The molecule has 0 spiro atoms. The summed E-state index contributed by atoms with van der Waals surface area (Å²) in [6, 6.07) is 12.3. The van der Waals surface area contributed by atoms with Crippen LogP contribution in [-0.2, 0) is 13.2 Å². The molecule has 100 valence electrons. The minimum absolute atomic E-state index is 0.173. The lowest BCUT2D eigenvalue weighted by Gasteiger charge is -2.09. The van der Waals surface area contributed by atoms with Crippen LogP contribution in [0.4, 0.5) is 4.39 Å². The molecule has 0 aromatic heterocycles. The Kier molecular flexibility index (Phi) is 4.36. The van der Waals surface area contributed by atoms with E-state index < -0.39 is 0 Å².